The summed E-state index contributed by atoms with van der Waals surface area (Å²) in [6.07, 6.45) is 1.58. The largest absolute Gasteiger partial charge is 0.389 e. The van der Waals surface area contributed by atoms with E-state index in [4.69, 9.17) is 18.0 Å². The van der Waals surface area contributed by atoms with E-state index in [0.29, 0.717) is 17.4 Å². The van der Waals surface area contributed by atoms with Gasteiger partial charge in [0.15, 0.2) is 5.82 Å². The van der Waals surface area contributed by atoms with Crippen molar-refractivity contribution in [3.05, 3.63) is 39.2 Å². The Hall–Kier alpha value is -1.53. The number of nitrogens with two attached hydrogens (primary N) is 1. The summed E-state index contributed by atoms with van der Waals surface area (Å²) in [5.74, 6) is 0.633. The van der Waals surface area contributed by atoms with E-state index in [1.54, 1.807) is 23.6 Å². The van der Waals surface area contributed by atoms with Crippen LogP contribution in [-0.2, 0) is 6.54 Å². The van der Waals surface area contributed by atoms with Crippen LogP contribution in [0.1, 0.15) is 20.9 Å². The first-order chi connectivity index (χ1) is 8.58. The zero-order valence-corrected chi connectivity index (χ0v) is 11.9. The summed E-state index contributed by atoms with van der Waals surface area (Å²) in [4.78, 5) is 2.91. The van der Waals surface area contributed by atoms with E-state index in [9.17, 15) is 0 Å². The van der Waals surface area contributed by atoms with E-state index in [2.05, 4.69) is 35.4 Å². The Morgan fingerprint density at radius 1 is 1.50 bits per heavy atom. The minimum atomic E-state index is 0.325. The highest BCUT2D eigenvalue weighted by atomic mass is 32.1. The third kappa shape index (κ3) is 2.83. The van der Waals surface area contributed by atoms with Crippen LogP contribution in [0.2, 0.25) is 0 Å². The second-order valence-electron chi connectivity index (χ2n) is 3.96. The summed E-state index contributed by atoms with van der Waals surface area (Å²) in [6, 6.07) is 3.94. The summed E-state index contributed by atoms with van der Waals surface area (Å²) < 4.78 is 0. The zero-order chi connectivity index (χ0) is 13.1. The van der Waals surface area contributed by atoms with Crippen LogP contribution in [0.3, 0.4) is 0 Å². The van der Waals surface area contributed by atoms with Gasteiger partial charge < -0.3 is 11.1 Å². The van der Waals surface area contributed by atoms with Crippen molar-refractivity contribution in [2.24, 2.45) is 5.73 Å². The number of hydrogen-bond acceptors (Lipinski definition) is 5. The Kier molecular flexibility index (Phi) is 3.88. The molecule has 0 amide bonds. The smallest absolute Gasteiger partial charge is 0.159 e. The number of thiophene rings is 1. The van der Waals surface area contributed by atoms with Crippen molar-refractivity contribution in [2.45, 2.75) is 20.4 Å². The molecule has 0 atom stereocenters. The number of nitrogens with one attached hydrogen (secondary N) is 1. The lowest BCUT2D eigenvalue weighted by Gasteiger charge is -2.07. The van der Waals surface area contributed by atoms with Gasteiger partial charge in [-0.3, -0.25) is 0 Å². The van der Waals surface area contributed by atoms with E-state index < -0.39 is 0 Å². The van der Waals surface area contributed by atoms with Gasteiger partial charge in [0.1, 0.15) is 4.99 Å². The topological polar surface area (TPSA) is 63.8 Å². The molecular formula is C12H14N4S2. The summed E-state index contributed by atoms with van der Waals surface area (Å²) >= 11 is 6.75. The molecule has 0 bridgehead atoms. The summed E-state index contributed by atoms with van der Waals surface area (Å²) in [6.45, 7) is 4.93. The van der Waals surface area contributed by atoms with Crippen LogP contribution in [0.4, 0.5) is 5.82 Å². The molecular weight excluding hydrogens is 264 g/mol. The van der Waals surface area contributed by atoms with E-state index in [-0.39, 0.29) is 0 Å². The number of hydrogen-bond donors (Lipinski definition) is 2. The second kappa shape index (κ2) is 5.41. The van der Waals surface area contributed by atoms with Crippen LogP contribution < -0.4 is 11.1 Å². The van der Waals surface area contributed by atoms with E-state index >= 15 is 0 Å². The summed E-state index contributed by atoms with van der Waals surface area (Å²) in [7, 11) is 0. The number of anilines is 1. The van der Waals surface area contributed by atoms with E-state index in [0.717, 1.165) is 5.56 Å². The molecule has 0 fully saturated rings. The van der Waals surface area contributed by atoms with Crippen molar-refractivity contribution >= 4 is 34.4 Å². The maximum Gasteiger partial charge on any atom is 0.159 e. The molecule has 3 N–H and O–H groups in total. The zero-order valence-electron chi connectivity index (χ0n) is 10.2. The van der Waals surface area contributed by atoms with Crippen LogP contribution in [0, 0.1) is 13.8 Å². The number of thiocarbonyl (C=S) groups is 1. The molecule has 0 aliphatic rings. The minimum absolute atomic E-state index is 0.325. The van der Waals surface area contributed by atoms with Gasteiger partial charge in [0.25, 0.3) is 0 Å². The Morgan fingerprint density at radius 3 is 2.89 bits per heavy atom. The highest BCUT2D eigenvalue weighted by Gasteiger charge is 2.07. The second-order valence-corrected chi connectivity index (χ2v) is 5.74. The van der Waals surface area contributed by atoms with Crippen molar-refractivity contribution in [2.75, 3.05) is 5.32 Å². The molecule has 0 radical (unpaired) electrons. The van der Waals surface area contributed by atoms with E-state index in [1.165, 1.54) is 15.3 Å². The number of rotatable bonds is 4. The molecule has 0 saturated carbocycles. The summed E-state index contributed by atoms with van der Waals surface area (Å²) in [5, 5.41) is 11.1. The van der Waals surface area contributed by atoms with Gasteiger partial charge in [-0.2, -0.15) is 5.10 Å². The molecule has 18 heavy (non-hydrogen) atoms. The van der Waals surface area contributed by atoms with Crippen LogP contribution in [0.5, 0.6) is 0 Å². The monoisotopic (exact) mass is 278 g/mol. The third-order valence-corrected chi connectivity index (χ3v) is 4.01. The highest BCUT2D eigenvalue weighted by molar-refractivity contribution is 7.80. The predicted octanol–water partition coefficient (Wildman–Crippen LogP) is 2.40. The number of nitrogens with zero attached hydrogens (tertiary/aromatic N) is 2. The Labute approximate surface area is 115 Å². The van der Waals surface area contributed by atoms with Crippen LogP contribution in [0.25, 0.3) is 0 Å². The third-order valence-electron chi connectivity index (χ3n) is 2.63. The molecule has 0 unspecified atom stereocenters. The van der Waals surface area contributed by atoms with Crippen molar-refractivity contribution < 1.29 is 0 Å². The van der Waals surface area contributed by atoms with Gasteiger partial charge in [-0.25, -0.2) is 0 Å². The first kappa shape index (κ1) is 12.9. The van der Waals surface area contributed by atoms with Gasteiger partial charge in [0.05, 0.1) is 18.3 Å². The Morgan fingerprint density at radius 2 is 2.28 bits per heavy atom. The molecule has 0 spiro atoms. The first-order valence-corrected chi connectivity index (χ1v) is 6.71. The molecule has 2 rings (SSSR count). The van der Waals surface area contributed by atoms with Crippen molar-refractivity contribution in [3.63, 3.8) is 0 Å². The Balaban J connectivity index is 2.13. The first-order valence-electron chi connectivity index (χ1n) is 5.49. The average Bonchev–Trinajstić information content (AvgIpc) is 2.66. The summed E-state index contributed by atoms with van der Waals surface area (Å²) in [5.41, 5.74) is 7.68. The fourth-order valence-corrected chi connectivity index (χ4v) is 2.73. The molecule has 4 nitrogen and oxygen atoms in total. The van der Waals surface area contributed by atoms with Crippen molar-refractivity contribution in [1.29, 1.82) is 0 Å². The van der Waals surface area contributed by atoms with Gasteiger partial charge in [0.2, 0.25) is 0 Å². The number of aryl methyl sites for hydroxylation is 2. The molecule has 6 heteroatoms. The van der Waals surface area contributed by atoms with Gasteiger partial charge >= 0.3 is 0 Å². The quantitative estimate of drug-likeness (QED) is 0.841. The van der Waals surface area contributed by atoms with Crippen LogP contribution >= 0.6 is 23.6 Å². The molecule has 2 aromatic heterocycles. The molecule has 2 aromatic rings. The minimum Gasteiger partial charge on any atom is -0.389 e. The SMILES string of the molecule is Cc1cc(CNc2nnccc2C(N)=S)sc1C. The molecule has 0 aromatic carbocycles. The average molecular weight is 278 g/mol. The fraction of sp³-hybridized carbons (Fsp3) is 0.250. The number of aromatic nitrogens is 2. The van der Waals surface area contributed by atoms with Crippen molar-refractivity contribution in [1.82, 2.24) is 10.2 Å². The molecule has 2 heterocycles. The molecule has 0 saturated heterocycles. The van der Waals surface area contributed by atoms with Gasteiger partial charge in [-0.15, -0.1) is 16.4 Å². The lowest BCUT2D eigenvalue weighted by atomic mass is 10.2. The predicted molar refractivity (Wildman–Crippen MR) is 79.0 cm³/mol. The molecule has 0 aliphatic heterocycles. The maximum absolute atomic E-state index is 5.64. The lowest BCUT2D eigenvalue weighted by Crippen LogP contribution is -2.14. The molecule has 0 aliphatic carbocycles. The normalized spacial score (nSPS) is 10.3. The fourth-order valence-electron chi connectivity index (χ4n) is 1.57. The van der Waals surface area contributed by atoms with Crippen molar-refractivity contribution in [3.8, 4) is 0 Å². The van der Waals surface area contributed by atoms with E-state index in [1.807, 2.05) is 0 Å². The Bertz CT molecular complexity index is 558. The van der Waals surface area contributed by atoms with Gasteiger partial charge in [0, 0.05) is 9.75 Å². The standard InChI is InChI=1S/C12H14N4S2/c1-7-5-9(18-8(7)2)6-14-12-10(11(13)17)3-4-15-16-12/h3-5H,6H2,1-2H3,(H2,13,17)(H,14,16). The lowest BCUT2D eigenvalue weighted by molar-refractivity contribution is 1.00. The van der Waals surface area contributed by atoms with Crippen LogP contribution in [-0.4, -0.2) is 15.2 Å². The van der Waals surface area contributed by atoms with Gasteiger partial charge in [-0.1, -0.05) is 12.2 Å². The molecule has 94 valence electrons. The van der Waals surface area contributed by atoms with Crippen LogP contribution in [0.15, 0.2) is 18.3 Å². The van der Waals surface area contributed by atoms with Gasteiger partial charge in [-0.05, 0) is 31.5 Å². The maximum atomic E-state index is 5.64. The highest BCUT2D eigenvalue weighted by Crippen LogP contribution is 2.21.